The van der Waals surface area contributed by atoms with Gasteiger partial charge in [-0.2, -0.15) is 0 Å². The molecule has 0 aliphatic carbocycles. The summed E-state index contributed by atoms with van der Waals surface area (Å²) < 4.78 is 0. The third kappa shape index (κ3) is 4.64. The average Bonchev–Trinajstić information content (AvgIpc) is 2.38. The summed E-state index contributed by atoms with van der Waals surface area (Å²) in [5.74, 6) is 0.323. The summed E-state index contributed by atoms with van der Waals surface area (Å²) in [6, 6.07) is -0.0577. The van der Waals surface area contributed by atoms with Gasteiger partial charge in [-0.3, -0.25) is 4.79 Å². The highest BCUT2D eigenvalue weighted by Crippen LogP contribution is 2.12. The number of nitrogens with one attached hydrogen (secondary N) is 2. The van der Waals surface area contributed by atoms with Gasteiger partial charge in [0.2, 0.25) is 5.91 Å². The number of amides is 1. The van der Waals surface area contributed by atoms with E-state index in [1.807, 2.05) is 0 Å². The van der Waals surface area contributed by atoms with Crippen LogP contribution in [0.3, 0.4) is 0 Å². The Morgan fingerprint density at radius 1 is 1.41 bits per heavy atom. The van der Waals surface area contributed by atoms with Crippen molar-refractivity contribution in [2.75, 3.05) is 13.1 Å². The molecule has 0 spiro atoms. The summed E-state index contributed by atoms with van der Waals surface area (Å²) in [6.07, 6.45) is 4.66. The first-order valence-corrected chi connectivity index (χ1v) is 6.88. The molecule has 0 bridgehead atoms. The van der Waals surface area contributed by atoms with Gasteiger partial charge in [0.05, 0.1) is 12.1 Å². The number of hydrogen-bond acceptors (Lipinski definition) is 3. The van der Waals surface area contributed by atoms with E-state index < -0.39 is 6.10 Å². The topological polar surface area (TPSA) is 61.4 Å². The smallest absolute Gasteiger partial charge is 0.237 e. The van der Waals surface area contributed by atoms with Crippen molar-refractivity contribution in [3.63, 3.8) is 0 Å². The second-order valence-electron chi connectivity index (χ2n) is 4.89. The Labute approximate surface area is 104 Å². The summed E-state index contributed by atoms with van der Waals surface area (Å²) in [4.78, 5) is 11.8. The molecular weight excluding hydrogens is 216 g/mol. The van der Waals surface area contributed by atoms with Gasteiger partial charge in [-0.05, 0) is 25.3 Å². The third-order valence-electron chi connectivity index (χ3n) is 3.71. The number of aliphatic hydroxyl groups is 1. The van der Waals surface area contributed by atoms with Gasteiger partial charge >= 0.3 is 0 Å². The van der Waals surface area contributed by atoms with Crippen LogP contribution in [0.2, 0.25) is 0 Å². The lowest BCUT2D eigenvalue weighted by Gasteiger charge is -2.25. The van der Waals surface area contributed by atoms with E-state index >= 15 is 0 Å². The Kier molecular flexibility index (Phi) is 6.52. The maximum absolute atomic E-state index is 11.8. The van der Waals surface area contributed by atoms with Crippen molar-refractivity contribution in [3.8, 4) is 0 Å². The van der Waals surface area contributed by atoms with Crippen molar-refractivity contribution in [2.45, 2.75) is 58.1 Å². The molecule has 1 saturated heterocycles. The molecule has 1 aliphatic heterocycles. The Morgan fingerprint density at radius 3 is 2.65 bits per heavy atom. The zero-order valence-corrected chi connectivity index (χ0v) is 11.0. The molecule has 1 aliphatic rings. The minimum Gasteiger partial charge on any atom is -0.391 e. The Morgan fingerprint density at radius 2 is 2.12 bits per heavy atom. The van der Waals surface area contributed by atoms with E-state index in [9.17, 15) is 9.90 Å². The molecule has 2 atom stereocenters. The lowest BCUT2D eigenvalue weighted by molar-refractivity contribution is -0.124. The molecule has 0 radical (unpaired) electrons. The molecule has 3 N–H and O–H groups in total. The van der Waals surface area contributed by atoms with Crippen molar-refractivity contribution in [1.82, 2.24) is 10.6 Å². The minimum atomic E-state index is -0.419. The number of carbonyl (C=O) groups excluding carboxylic acids is 1. The maximum atomic E-state index is 11.8. The second-order valence-corrected chi connectivity index (χ2v) is 4.89. The molecule has 0 aromatic heterocycles. The average molecular weight is 242 g/mol. The maximum Gasteiger partial charge on any atom is 0.237 e. The summed E-state index contributed by atoms with van der Waals surface area (Å²) >= 11 is 0. The van der Waals surface area contributed by atoms with E-state index in [4.69, 9.17) is 0 Å². The van der Waals surface area contributed by atoms with E-state index in [0.29, 0.717) is 6.54 Å². The molecule has 1 amide bonds. The quantitative estimate of drug-likeness (QED) is 0.652. The summed E-state index contributed by atoms with van der Waals surface area (Å²) in [5.41, 5.74) is 0. The van der Waals surface area contributed by atoms with E-state index in [1.54, 1.807) is 0 Å². The van der Waals surface area contributed by atoms with Gasteiger partial charge in [-0.25, -0.2) is 0 Å². The molecule has 0 aromatic rings. The monoisotopic (exact) mass is 242 g/mol. The zero-order valence-electron chi connectivity index (χ0n) is 11.0. The molecule has 4 nitrogen and oxygen atoms in total. The first-order chi connectivity index (χ1) is 8.19. The van der Waals surface area contributed by atoms with Crippen LogP contribution in [0.4, 0.5) is 0 Å². The molecular formula is C13H26N2O2. The molecule has 100 valence electrons. The van der Waals surface area contributed by atoms with Gasteiger partial charge in [0.15, 0.2) is 0 Å². The van der Waals surface area contributed by atoms with Gasteiger partial charge < -0.3 is 15.7 Å². The summed E-state index contributed by atoms with van der Waals surface area (Å²) in [6.45, 7) is 5.44. The van der Waals surface area contributed by atoms with Crippen LogP contribution in [0.5, 0.6) is 0 Å². The van der Waals surface area contributed by atoms with Crippen molar-refractivity contribution in [1.29, 1.82) is 0 Å². The van der Waals surface area contributed by atoms with Gasteiger partial charge in [0.25, 0.3) is 0 Å². The van der Waals surface area contributed by atoms with Crippen LogP contribution in [0.25, 0.3) is 0 Å². The number of piperidine rings is 1. The molecule has 0 aromatic carbocycles. The van der Waals surface area contributed by atoms with Crippen LogP contribution < -0.4 is 10.6 Å². The van der Waals surface area contributed by atoms with Crippen molar-refractivity contribution in [2.24, 2.45) is 5.92 Å². The molecule has 0 saturated carbocycles. The Bertz CT molecular complexity index is 223. The Hall–Kier alpha value is -0.610. The van der Waals surface area contributed by atoms with Gasteiger partial charge in [0, 0.05) is 6.54 Å². The molecule has 1 rings (SSSR count). The number of hydrogen-bond donors (Lipinski definition) is 3. The van der Waals surface area contributed by atoms with E-state index in [1.165, 1.54) is 0 Å². The highest BCUT2D eigenvalue weighted by Gasteiger charge is 2.22. The first kappa shape index (κ1) is 14.5. The predicted octanol–water partition coefficient (Wildman–Crippen LogP) is 1.04. The molecule has 1 fully saturated rings. The number of aliphatic hydroxyl groups excluding tert-OH is 1. The zero-order chi connectivity index (χ0) is 12.7. The van der Waals surface area contributed by atoms with Crippen molar-refractivity contribution < 1.29 is 9.90 Å². The highest BCUT2D eigenvalue weighted by atomic mass is 16.3. The molecule has 1 heterocycles. The third-order valence-corrected chi connectivity index (χ3v) is 3.71. The van der Waals surface area contributed by atoms with Gasteiger partial charge in [-0.1, -0.05) is 33.1 Å². The molecule has 4 heteroatoms. The fourth-order valence-electron chi connectivity index (χ4n) is 2.40. The Balaban J connectivity index is 2.26. The lowest BCUT2D eigenvalue weighted by atomic mass is 9.96. The van der Waals surface area contributed by atoms with Crippen LogP contribution >= 0.6 is 0 Å². The van der Waals surface area contributed by atoms with Crippen LogP contribution in [-0.4, -0.2) is 36.2 Å². The van der Waals surface area contributed by atoms with Gasteiger partial charge in [0.1, 0.15) is 0 Å². The van der Waals surface area contributed by atoms with Crippen LogP contribution in [0, 0.1) is 5.92 Å². The van der Waals surface area contributed by atoms with E-state index in [0.717, 1.165) is 38.6 Å². The SMILES string of the molecule is CCC(CC)C(O)CNC(=O)C1CCCCN1. The minimum absolute atomic E-state index is 0.0368. The van der Waals surface area contributed by atoms with E-state index in [2.05, 4.69) is 24.5 Å². The highest BCUT2D eigenvalue weighted by molar-refractivity contribution is 5.81. The molecule has 17 heavy (non-hydrogen) atoms. The van der Waals surface area contributed by atoms with Crippen LogP contribution in [0.15, 0.2) is 0 Å². The lowest BCUT2D eigenvalue weighted by Crippen LogP contribution is -2.48. The second kappa shape index (κ2) is 7.67. The fraction of sp³-hybridized carbons (Fsp3) is 0.923. The summed E-state index contributed by atoms with van der Waals surface area (Å²) in [5, 5.41) is 16.0. The standard InChI is InChI=1S/C13H26N2O2/c1-3-10(4-2)12(16)9-15-13(17)11-7-5-6-8-14-11/h10-12,14,16H,3-9H2,1-2H3,(H,15,17). The van der Waals surface area contributed by atoms with Crippen LogP contribution in [-0.2, 0) is 4.79 Å². The first-order valence-electron chi connectivity index (χ1n) is 6.88. The van der Waals surface area contributed by atoms with E-state index in [-0.39, 0.29) is 17.9 Å². The molecule has 2 unspecified atom stereocenters. The largest absolute Gasteiger partial charge is 0.391 e. The number of rotatable bonds is 6. The van der Waals surface area contributed by atoms with Crippen molar-refractivity contribution in [3.05, 3.63) is 0 Å². The van der Waals surface area contributed by atoms with Crippen LogP contribution in [0.1, 0.15) is 46.0 Å². The normalized spacial score (nSPS) is 22.5. The van der Waals surface area contributed by atoms with Crippen molar-refractivity contribution >= 4 is 5.91 Å². The fourth-order valence-corrected chi connectivity index (χ4v) is 2.40. The summed E-state index contributed by atoms with van der Waals surface area (Å²) in [7, 11) is 0. The van der Waals surface area contributed by atoms with Gasteiger partial charge in [-0.15, -0.1) is 0 Å². The predicted molar refractivity (Wildman–Crippen MR) is 68.7 cm³/mol. The number of carbonyl (C=O) groups is 1.